The number of nitrogens with zero attached hydrogens (tertiary/aromatic N) is 3. The molecule has 0 spiro atoms. The molecule has 2 heterocycles. The number of ether oxygens (including phenoxy) is 1. The number of rotatable bonds is 4. The molecule has 0 saturated carbocycles. The molecule has 1 aliphatic rings. The summed E-state index contributed by atoms with van der Waals surface area (Å²) in [5.41, 5.74) is 6.81. The van der Waals surface area contributed by atoms with Gasteiger partial charge in [-0.3, -0.25) is 0 Å². The standard InChI is InChI=1S/C15H26N4O/c1-4-12-8-6-5-7-9-19(12)14-13(16)15(18-10-17-14)20-11(2)3/h10-12H,4-9,16H2,1-3H3. The first-order chi connectivity index (χ1) is 9.63. The van der Waals surface area contributed by atoms with Gasteiger partial charge in [0.25, 0.3) is 0 Å². The van der Waals surface area contributed by atoms with Crippen molar-refractivity contribution in [3.8, 4) is 5.88 Å². The molecular formula is C15H26N4O. The first-order valence-electron chi connectivity index (χ1n) is 7.67. The maximum Gasteiger partial charge on any atom is 0.242 e. The van der Waals surface area contributed by atoms with Gasteiger partial charge in [-0.15, -0.1) is 0 Å². The summed E-state index contributed by atoms with van der Waals surface area (Å²) in [6, 6.07) is 0.515. The van der Waals surface area contributed by atoms with E-state index in [1.807, 2.05) is 13.8 Å². The summed E-state index contributed by atoms with van der Waals surface area (Å²) in [6.07, 6.45) is 7.71. The molecule has 1 aromatic rings. The van der Waals surface area contributed by atoms with Crippen LogP contribution >= 0.6 is 0 Å². The summed E-state index contributed by atoms with van der Waals surface area (Å²) in [5, 5.41) is 0. The molecule has 0 bridgehead atoms. The summed E-state index contributed by atoms with van der Waals surface area (Å²) in [6.45, 7) is 7.19. The summed E-state index contributed by atoms with van der Waals surface area (Å²) < 4.78 is 5.67. The molecule has 1 aliphatic heterocycles. The lowest BCUT2D eigenvalue weighted by Gasteiger charge is -2.31. The maximum absolute atomic E-state index is 6.24. The molecule has 0 aliphatic carbocycles. The van der Waals surface area contributed by atoms with Crippen molar-refractivity contribution >= 4 is 11.5 Å². The average molecular weight is 278 g/mol. The van der Waals surface area contributed by atoms with Gasteiger partial charge in [0, 0.05) is 12.6 Å². The predicted octanol–water partition coefficient (Wildman–Crippen LogP) is 3.01. The quantitative estimate of drug-likeness (QED) is 0.917. The minimum atomic E-state index is 0.0613. The summed E-state index contributed by atoms with van der Waals surface area (Å²) >= 11 is 0. The third-order valence-electron chi connectivity index (χ3n) is 3.79. The molecule has 1 atom stereocenters. The van der Waals surface area contributed by atoms with E-state index < -0.39 is 0 Å². The highest BCUT2D eigenvalue weighted by atomic mass is 16.5. The third-order valence-corrected chi connectivity index (χ3v) is 3.79. The van der Waals surface area contributed by atoms with Crippen molar-refractivity contribution in [2.24, 2.45) is 0 Å². The summed E-state index contributed by atoms with van der Waals surface area (Å²) in [7, 11) is 0. The van der Waals surface area contributed by atoms with Crippen LogP contribution in [-0.4, -0.2) is 28.7 Å². The van der Waals surface area contributed by atoms with Gasteiger partial charge in [-0.25, -0.2) is 4.98 Å². The van der Waals surface area contributed by atoms with Crippen molar-refractivity contribution < 1.29 is 4.74 Å². The van der Waals surface area contributed by atoms with Gasteiger partial charge in [0.1, 0.15) is 12.0 Å². The third kappa shape index (κ3) is 3.32. The molecule has 20 heavy (non-hydrogen) atoms. The zero-order chi connectivity index (χ0) is 14.5. The largest absolute Gasteiger partial charge is 0.473 e. The highest BCUT2D eigenvalue weighted by molar-refractivity contribution is 5.68. The SMILES string of the molecule is CCC1CCCCCN1c1ncnc(OC(C)C)c1N. The van der Waals surface area contributed by atoms with Crippen molar-refractivity contribution in [3.05, 3.63) is 6.33 Å². The van der Waals surface area contributed by atoms with Crippen molar-refractivity contribution in [1.29, 1.82) is 0 Å². The Labute approximate surface area is 121 Å². The Morgan fingerprint density at radius 3 is 2.85 bits per heavy atom. The number of hydrogen-bond acceptors (Lipinski definition) is 5. The maximum atomic E-state index is 6.24. The molecule has 5 nitrogen and oxygen atoms in total. The van der Waals surface area contributed by atoms with Gasteiger partial charge in [-0.2, -0.15) is 4.98 Å². The normalized spacial score (nSPS) is 20.0. The van der Waals surface area contributed by atoms with Crippen LogP contribution in [0, 0.1) is 0 Å². The van der Waals surface area contributed by atoms with Crippen LogP contribution in [0.15, 0.2) is 6.33 Å². The van der Waals surface area contributed by atoms with Gasteiger partial charge >= 0.3 is 0 Å². The zero-order valence-electron chi connectivity index (χ0n) is 12.8. The van der Waals surface area contributed by atoms with E-state index in [0.29, 0.717) is 17.6 Å². The second-order valence-corrected chi connectivity index (χ2v) is 5.69. The van der Waals surface area contributed by atoms with Crippen LogP contribution in [0.25, 0.3) is 0 Å². The van der Waals surface area contributed by atoms with Crippen molar-refractivity contribution in [3.63, 3.8) is 0 Å². The lowest BCUT2D eigenvalue weighted by atomic mass is 10.1. The Balaban J connectivity index is 2.29. The van der Waals surface area contributed by atoms with E-state index in [1.165, 1.54) is 25.7 Å². The highest BCUT2D eigenvalue weighted by Crippen LogP contribution is 2.32. The lowest BCUT2D eigenvalue weighted by Crippen LogP contribution is -2.35. The lowest BCUT2D eigenvalue weighted by molar-refractivity contribution is 0.234. The molecule has 112 valence electrons. The van der Waals surface area contributed by atoms with Gasteiger partial charge in [-0.05, 0) is 33.1 Å². The fourth-order valence-electron chi connectivity index (χ4n) is 2.80. The zero-order valence-corrected chi connectivity index (χ0v) is 12.8. The van der Waals surface area contributed by atoms with Gasteiger partial charge < -0.3 is 15.4 Å². The molecule has 1 fully saturated rings. The van der Waals surface area contributed by atoms with Crippen LogP contribution < -0.4 is 15.4 Å². The van der Waals surface area contributed by atoms with E-state index in [2.05, 4.69) is 21.8 Å². The van der Waals surface area contributed by atoms with Gasteiger partial charge in [-0.1, -0.05) is 19.8 Å². The van der Waals surface area contributed by atoms with Crippen molar-refractivity contribution in [2.75, 3.05) is 17.2 Å². The Kier molecular flexibility index (Phi) is 5.04. The second-order valence-electron chi connectivity index (χ2n) is 5.69. The monoisotopic (exact) mass is 278 g/mol. The summed E-state index contributed by atoms with van der Waals surface area (Å²) in [5.74, 6) is 1.34. The number of anilines is 2. The van der Waals surface area contributed by atoms with Gasteiger partial charge in [0.2, 0.25) is 5.88 Å². The molecule has 2 rings (SSSR count). The first kappa shape index (κ1) is 14.9. The molecule has 0 radical (unpaired) electrons. The molecule has 1 aromatic heterocycles. The Hall–Kier alpha value is -1.52. The van der Waals surface area contributed by atoms with E-state index in [4.69, 9.17) is 10.5 Å². The molecule has 5 heteroatoms. The van der Waals surface area contributed by atoms with Crippen LogP contribution in [0.2, 0.25) is 0 Å². The van der Waals surface area contributed by atoms with Crippen molar-refractivity contribution in [1.82, 2.24) is 9.97 Å². The molecule has 1 unspecified atom stereocenters. The number of nitrogen functional groups attached to an aromatic ring is 1. The van der Waals surface area contributed by atoms with Crippen molar-refractivity contribution in [2.45, 2.75) is 65.0 Å². The van der Waals surface area contributed by atoms with Crippen LogP contribution in [0.4, 0.5) is 11.5 Å². The highest BCUT2D eigenvalue weighted by Gasteiger charge is 2.24. The fraction of sp³-hybridized carbons (Fsp3) is 0.733. The Morgan fingerprint density at radius 1 is 1.35 bits per heavy atom. The van der Waals surface area contributed by atoms with Gasteiger partial charge in [0.15, 0.2) is 5.82 Å². The number of aromatic nitrogens is 2. The molecule has 0 amide bonds. The fourth-order valence-corrected chi connectivity index (χ4v) is 2.80. The van der Waals surface area contributed by atoms with E-state index >= 15 is 0 Å². The minimum Gasteiger partial charge on any atom is -0.473 e. The van der Waals surface area contributed by atoms with Crippen LogP contribution in [0.3, 0.4) is 0 Å². The van der Waals surface area contributed by atoms with E-state index in [-0.39, 0.29) is 6.10 Å². The topological polar surface area (TPSA) is 64.3 Å². The summed E-state index contributed by atoms with van der Waals surface area (Å²) in [4.78, 5) is 10.9. The van der Waals surface area contributed by atoms with Crippen LogP contribution in [0.1, 0.15) is 52.9 Å². The second kappa shape index (κ2) is 6.77. The number of hydrogen-bond donors (Lipinski definition) is 1. The van der Waals surface area contributed by atoms with Crippen LogP contribution in [0.5, 0.6) is 5.88 Å². The molecule has 2 N–H and O–H groups in total. The van der Waals surface area contributed by atoms with Gasteiger partial charge in [0.05, 0.1) is 6.10 Å². The minimum absolute atomic E-state index is 0.0613. The van der Waals surface area contributed by atoms with E-state index in [9.17, 15) is 0 Å². The number of nitrogens with two attached hydrogens (primary N) is 1. The predicted molar refractivity (Wildman–Crippen MR) is 82.1 cm³/mol. The van der Waals surface area contributed by atoms with Crippen LogP contribution in [-0.2, 0) is 0 Å². The molecule has 0 aromatic carbocycles. The average Bonchev–Trinajstić information content (AvgIpc) is 2.65. The van der Waals surface area contributed by atoms with E-state index in [0.717, 1.165) is 18.8 Å². The Morgan fingerprint density at radius 2 is 2.15 bits per heavy atom. The smallest absolute Gasteiger partial charge is 0.242 e. The Bertz CT molecular complexity index is 436. The first-order valence-corrected chi connectivity index (χ1v) is 7.67. The molecule has 1 saturated heterocycles. The van der Waals surface area contributed by atoms with E-state index in [1.54, 1.807) is 6.33 Å². The molecular weight excluding hydrogens is 252 g/mol.